The Kier molecular flexibility index (Phi) is 5.75. The molecule has 0 bridgehead atoms. The van der Waals surface area contributed by atoms with E-state index in [9.17, 15) is 27.1 Å². The highest BCUT2D eigenvalue weighted by Crippen LogP contribution is 2.40. The van der Waals surface area contributed by atoms with Crippen molar-refractivity contribution >= 4 is 26.9 Å². The number of fused-ring (bicyclic) bond motifs is 2. The lowest BCUT2D eigenvalue weighted by Crippen LogP contribution is -2.29. The Morgan fingerprint density at radius 3 is 2.54 bits per heavy atom. The second-order valence-electron chi connectivity index (χ2n) is 8.40. The van der Waals surface area contributed by atoms with Crippen LogP contribution in [0.25, 0.3) is 10.9 Å². The molecule has 2 aliphatic rings. The predicted molar refractivity (Wildman–Crippen MR) is 117 cm³/mol. The molecule has 10 nitrogen and oxygen atoms in total. The number of hydrogen-bond acceptors (Lipinski definition) is 7. The summed E-state index contributed by atoms with van der Waals surface area (Å²) in [5.41, 5.74) is 0.962. The van der Waals surface area contributed by atoms with Crippen LogP contribution in [-0.2, 0) is 21.2 Å². The first-order valence-electron chi connectivity index (χ1n) is 10.7. The highest BCUT2D eigenvalue weighted by Gasteiger charge is 2.39. The number of aliphatic carboxylic acids is 1. The van der Waals surface area contributed by atoms with Crippen molar-refractivity contribution in [2.24, 2.45) is 5.92 Å². The number of carboxylic acid groups (broad SMARTS) is 1. The number of alkyl halides is 2. The molecule has 5 rings (SSSR count). The fourth-order valence-corrected chi connectivity index (χ4v) is 6.04. The van der Waals surface area contributed by atoms with E-state index in [2.05, 4.69) is 9.84 Å². The van der Waals surface area contributed by atoms with Gasteiger partial charge in [-0.3, -0.25) is 9.48 Å². The molecule has 35 heavy (non-hydrogen) atoms. The van der Waals surface area contributed by atoms with Gasteiger partial charge >= 0.3 is 12.6 Å². The van der Waals surface area contributed by atoms with Gasteiger partial charge in [0.25, 0.3) is 0 Å². The molecular weight excluding hydrogens is 488 g/mol. The Hall–Kier alpha value is -3.45. The smallest absolute Gasteiger partial charge is 0.387 e. The third-order valence-corrected chi connectivity index (χ3v) is 7.98. The van der Waals surface area contributed by atoms with Gasteiger partial charge in [0.2, 0.25) is 16.8 Å². The summed E-state index contributed by atoms with van der Waals surface area (Å²) >= 11 is 0. The van der Waals surface area contributed by atoms with Crippen LogP contribution in [0.2, 0.25) is 0 Å². The minimum absolute atomic E-state index is 0.0489. The number of benzene rings is 2. The molecule has 1 N–H and O–H groups in total. The maximum Gasteiger partial charge on any atom is 0.387 e. The fourth-order valence-electron chi connectivity index (χ4n) is 4.48. The normalized spacial score (nSPS) is 20.1. The predicted octanol–water partition coefficient (Wildman–Crippen LogP) is 2.88. The maximum atomic E-state index is 13.3. The van der Waals surface area contributed by atoms with E-state index in [0.717, 1.165) is 0 Å². The summed E-state index contributed by atoms with van der Waals surface area (Å²) < 4.78 is 69.4. The molecule has 13 heteroatoms. The number of ether oxygens (including phenoxy) is 3. The van der Waals surface area contributed by atoms with Crippen LogP contribution in [0.3, 0.4) is 0 Å². The molecule has 3 heterocycles. The third kappa shape index (κ3) is 4.25. The van der Waals surface area contributed by atoms with Crippen molar-refractivity contribution in [3.63, 3.8) is 0 Å². The van der Waals surface area contributed by atoms with E-state index in [-0.39, 0.29) is 48.9 Å². The topological polar surface area (TPSA) is 120 Å². The minimum atomic E-state index is -3.92. The summed E-state index contributed by atoms with van der Waals surface area (Å²) in [5.74, 6) is -0.345. The Morgan fingerprint density at radius 2 is 1.89 bits per heavy atom. The Bertz CT molecular complexity index is 1390. The van der Waals surface area contributed by atoms with Gasteiger partial charge in [-0.05, 0) is 36.2 Å². The van der Waals surface area contributed by atoms with Crippen LogP contribution < -0.4 is 14.2 Å². The van der Waals surface area contributed by atoms with Gasteiger partial charge < -0.3 is 19.3 Å². The highest BCUT2D eigenvalue weighted by atomic mass is 32.2. The number of carbonyl (C=O) groups is 1. The molecule has 3 aromatic rings. The zero-order chi connectivity index (χ0) is 24.9. The van der Waals surface area contributed by atoms with E-state index in [1.54, 1.807) is 16.8 Å². The molecule has 2 aliphatic heterocycles. The maximum absolute atomic E-state index is 13.3. The van der Waals surface area contributed by atoms with Gasteiger partial charge in [-0.1, -0.05) is 6.92 Å². The second kappa shape index (κ2) is 8.64. The first-order chi connectivity index (χ1) is 16.6. The van der Waals surface area contributed by atoms with Crippen LogP contribution in [0, 0.1) is 5.92 Å². The van der Waals surface area contributed by atoms with Crippen molar-refractivity contribution in [2.45, 2.75) is 30.9 Å². The summed E-state index contributed by atoms with van der Waals surface area (Å²) in [5, 5.41) is 14.5. The average Bonchev–Trinajstić information content (AvgIpc) is 3.49. The molecule has 0 spiro atoms. The molecule has 186 valence electrons. The van der Waals surface area contributed by atoms with E-state index < -0.39 is 22.6 Å². The first-order valence-corrected chi connectivity index (χ1v) is 12.1. The lowest BCUT2D eigenvalue weighted by molar-refractivity contribution is -0.136. The third-order valence-electron chi connectivity index (χ3n) is 6.14. The van der Waals surface area contributed by atoms with Gasteiger partial charge in [-0.15, -0.1) is 0 Å². The van der Waals surface area contributed by atoms with Gasteiger partial charge in [-0.2, -0.15) is 18.2 Å². The number of hydrogen-bond donors (Lipinski definition) is 1. The van der Waals surface area contributed by atoms with Gasteiger partial charge in [0, 0.05) is 24.5 Å². The summed E-state index contributed by atoms with van der Waals surface area (Å²) in [6.45, 7) is -0.780. The summed E-state index contributed by atoms with van der Waals surface area (Å²) in [4.78, 5) is 11.4. The van der Waals surface area contributed by atoms with E-state index in [0.29, 0.717) is 28.1 Å². The van der Waals surface area contributed by atoms with Crippen LogP contribution in [0.1, 0.15) is 18.7 Å². The second-order valence-corrected chi connectivity index (χ2v) is 10.3. The monoisotopic (exact) mass is 509 g/mol. The number of carboxylic acids is 1. The Balaban J connectivity index is 1.47. The van der Waals surface area contributed by atoms with Crippen molar-refractivity contribution < 1.29 is 41.3 Å². The molecular formula is C22H21F2N3O7S. The average molecular weight is 509 g/mol. The van der Waals surface area contributed by atoms with Crippen LogP contribution in [0.15, 0.2) is 41.3 Å². The van der Waals surface area contributed by atoms with Crippen LogP contribution in [0.4, 0.5) is 8.78 Å². The van der Waals surface area contributed by atoms with Gasteiger partial charge in [0.1, 0.15) is 5.75 Å². The van der Waals surface area contributed by atoms with Crippen molar-refractivity contribution in [2.75, 3.05) is 19.9 Å². The number of sulfonamides is 1. The lowest BCUT2D eigenvalue weighted by Gasteiger charge is -2.18. The standard InChI is InChI=1S/C22H21F2N3O7S/c1-12-9-26(35(30,31)14-4-2-13(3-5-14)34-22(23)24)10-18(12)27-17-8-20-19(32-11-33-20)6-15(17)16(25-27)7-21(28)29/h2-6,8,12,18,22H,7,9-11H2,1H3,(H,28,29)/t12-,18+/m1/s1. The van der Waals surface area contributed by atoms with E-state index >= 15 is 0 Å². The first kappa shape index (κ1) is 23.3. The quantitative estimate of drug-likeness (QED) is 0.516. The number of halogens is 2. The van der Waals surface area contributed by atoms with E-state index in [1.807, 2.05) is 6.92 Å². The van der Waals surface area contributed by atoms with E-state index in [4.69, 9.17) is 9.47 Å². The largest absolute Gasteiger partial charge is 0.481 e. The molecule has 1 aromatic heterocycles. The summed E-state index contributed by atoms with van der Waals surface area (Å²) in [6, 6.07) is 7.84. The van der Waals surface area contributed by atoms with Crippen molar-refractivity contribution in [1.82, 2.24) is 14.1 Å². The van der Waals surface area contributed by atoms with Crippen molar-refractivity contribution in [3.8, 4) is 17.2 Å². The summed E-state index contributed by atoms with van der Waals surface area (Å²) in [7, 11) is -3.92. The molecule has 0 saturated carbocycles. The molecule has 0 radical (unpaired) electrons. The van der Waals surface area contributed by atoms with Crippen molar-refractivity contribution in [3.05, 3.63) is 42.1 Å². The minimum Gasteiger partial charge on any atom is -0.481 e. The van der Waals surface area contributed by atoms with Crippen LogP contribution in [0.5, 0.6) is 17.2 Å². The molecule has 2 aromatic carbocycles. The van der Waals surface area contributed by atoms with Crippen LogP contribution in [-0.4, -0.2) is 60.1 Å². The number of nitrogens with zero attached hydrogens (tertiary/aromatic N) is 3. The van der Waals surface area contributed by atoms with Gasteiger partial charge in [0.15, 0.2) is 11.5 Å². The van der Waals surface area contributed by atoms with E-state index in [1.165, 1.54) is 28.6 Å². The summed E-state index contributed by atoms with van der Waals surface area (Å²) in [6.07, 6.45) is -0.306. The molecule has 1 fully saturated rings. The Labute approximate surface area is 198 Å². The highest BCUT2D eigenvalue weighted by molar-refractivity contribution is 7.89. The van der Waals surface area contributed by atoms with Crippen LogP contribution >= 0.6 is 0 Å². The van der Waals surface area contributed by atoms with Gasteiger partial charge in [-0.25, -0.2) is 8.42 Å². The fraction of sp³-hybridized carbons (Fsp3) is 0.364. The van der Waals surface area contributed by atoms with Gasteiger partial charge in [0.05, 0.1) is 28.6 Å². The molecule has 0 aliphatic carbocycles. The number of aromatic nitrogens is 2. The lowest BCUT2D eigenvalue weighted by atomic mass is 10.1. The molecule has 0 amide bonds. The zero-order valence-corrected chi connectivity index (χ0v) is 19.2. The van der Waals surface area contributed by atoms with Crippen molar-refractivity contribution in [1.29, 1.82) is 0 Å². The SMILES string of the molecule is C[C@@H]1CN(S(=O)(=O)c2ccc(OC(F)F)cc2)C[C@@H]1n1nc(CC(=O)O)c2cc3c(cc21)OCO3. The Morgan fingerprint density at radius 1 is 1.20 bits per heavy atom. The molecule has 0 unspecified atom stereocenters. The number of rotatable bonds is 7. The molecule has 2 atom stereocenters. The molecule has 1 saturated heterocycles. The zero-order valence-electron chi connectivity index (χ0n) is 18.4.